The van der Waals surface area contributed by atoms with E-state index in [1.165, 1.54) is 0 Å². The van der Waals surface area contributed by atoms with E-state index in [2.05, 4.69) is 5.21 Å². The monoisotopic (exact) mass is 307 g/mol. The van der Waals surface area contributed by atoms with Gasteiger partial charge in [0.2, 0.25) is 0 Å². The first-order valence-corrected chi connectivity index (χ1v) is 6.74. The highest BCUT2D eigenvalue weighted by atomic mass is 35.7. The van der Waals surface area contributed by atoms with Gasteiger partial charge < -0.3 is 0 Å². The fourth-order valence-corrected chi connectivity index (χ4v) is 1.48. The van der Waals surface area contributed by atoms with Gasteiger partial charge in [0, 0.05) is 0 Å². The van der Waals surface area contributed by atoms with Crippen LogP contribution in [-0.4, -0.2) is 9.90 Å². The van der Waals surface area contributed by atoms with Crippen molar-refractivity contribution in [2.24, 2.45) is 0 Å². The second-order valence-electron chi connectivity index (χ2n) is 3.32. The first kappa shape index (κ1) is 15.8. The lowest BCUT2D eigenvalue weighted by molar-refractivity contribution is -2.00. The molecule has 1 heterocycles. The van der Waals surface area contributed by atoms with Crippen molar-refractivity contribution in [3.8, 4) is 5.69 Å². The molecule has 0 N–H and O–H groups in total. The molecule has 1 aromatic carbocycles. The smallest absolute Gasteiger partial charge is 0.174 e. The standard InChI is InChI=1S/C10H11ClN3.ClHO4/c1-2-13-7-8-14(12-13)10-6-4-3-5-9(10)11;2-1(3,4)5/h3-8H,2H2,1H3;(H,2,3,4,5)/q+1;/p-1. The summed E-state index contributed by atoms with van der Waals surface area (Å²) in [5.41, 5.74) is 0.904. The van der Waals surface area contributed by atoms with Crippen molar-refractivity contribution in [3.63, 3.8) is 0 Å². The van der Waals surface area contributed by atoms with Gasteiger partial charge in [0.05, 0.1) is 10.2 Å². The molecule has 104 valence electrons. The maximum Gasteiger partial charge on any atom is 0.174 e. The van der Waals surface area contributed by atoms with Crippen molar-refractivity contribution in [2.45, 2.75) is 13.5 Å². The van der Waals surface area contributed by atoms with E-state index in [9.17, 15) is 0 Å². The molecule has 0 unspecified atom stereocenters. The van der Waals surface area contributed by atoms with Crippen LogP contribution in [0.3, 0.4) is 0 Å². The molecule has 0 bridgehead atoms. The van der Waals surface area contributed by atoms with Gasteiger partial charge in [0.15, 0.2) is 18.1 Å². The van der Waals surface area contributed by atoms with E-state index >= 15 is 0 Å². The highest BCUT2D eigenvalue weighted by Gasteiger charge is 2.10. The average Bonchev–Trinajstić information content (AvgIpc) is 2.76. The zero-order valence-corrected chi connectivity index (χ0v) is 11.4. The average molecular weight is 308 g/mol. The van der Waals surface area contributed by atoms with Gasteiger partial charge in [0.1, 0.15) is 6.54 Å². The first-order valence-electron chi connectivity index (χ1n) is 5.13. The summed E-state index contributed by atoms with van der Waals surface area (Å²) in [6.45, 7) is 2.90. The molecule has 7 nitrogen and oxygen atoms in total. The summed E-state index contributed by atoms with van der Waals surface area (Å²) in [5, 5.41) is 5.02. The van der Waals surface area contributed by atoms with Crippen molar-refractivity contribution in [2.75, 3.05) is 0 Å². The van der Waals surface area contributed by atoms with Gasteiger partial charge in [0.25, 0.3) is 0 Å². The van der Waals surface area contributed by atoms with Gasteiger partial charge in [-0.05, 0) is 19.1 Å². The zero-order valence-electron chi connectivity index (χ0n) is 9.90. The summed E-state index contributed by atoms with van der Waals surface area (Å²) >= 11 is 6.04. The zero-order chi connectivity index (χ0) is 14.5. The molecule has 0 aliphatic heterocycles. The van der Waals surface area contributed by atoms with Gasteiger partial charge in [-0.25, -0.2) is 18.6 Å². The van der Waals surface area contributed by atoms with Gasteiger partial charge in [-0.1, -0.05) is 23.7 Å². The normalized spacial score (nSPS) is 10.8. The Kier molecular flexibility index (Phi) is 5.67. The number of aryl methyl sites for hydroxylation is 1. The van der Waals surface area contributed by atoms with E-state index in [4.69, 9.17) is 30.2 Å². The van der Waals surface area contributed by atoms with Crippen LogP contribution in [0.15, 0.2) is 36.7 Å². The lowest BCUT2D eigenvalue weighted by Gasteiger charge is -2.17. The van der Waals surface area contributed by atoms with Crippen molar-refractivity contribution in [3.05, 3.63) is 41.7 Å². The lowest BCUT2D eigenvalue weighted by atomic mass is 10.3. The van der Waals surface area contributed by atoms with Crippen LogP contribution >= 0.6 is 11.6 Å². The fourth-order valence-electron chi connectivity index (χ4n) is 1.26. The minimum atomic E-state index is -4.94. The molecule has 0 fully saturated rings. The SMILES string of the molecule is CC[n+]1ccn(-c2ccccc2Cl)n1.[O-][Cl+3]([O-])([O-])[O-]. The van der Waals surface area contributed by atoms with Crippen molar-refractivity contribution in [1.29, 1.82) is 0 Å². The number of benzene rings is 1. The molecular formula is C10H11Cl2N3O4. The highest BCUT2D eigenvalue weighted by Crippen LogP contribution is 2.17. The summed E-state index contributed by atoms with van der Waals surface area (Å²) in [4.78, 5) is 0. The first-order chi connectivity index (χ1) is 8.81. The second kappa shape index (κ2) is 6.80. The Balaban J connectivity index is 0.000000312. The minimum Gasteiger partial charge on any atom is -0.222 e. The van der Waals surface area contributed by atoms with Crippen LogP contribution in [0.5, 0.6) is 0 Å². The molecule has 2 rings (SSSR count). The Labute approximate surface area is 116 Å². The van der Waals surface area contributed by atoms with Crippen LogP contribution < -0.4 is 23.3 Å². The molecule has 1 aromatic heterocycles. The van der Waals surface area contributed by atoms with Crippen molar-refractivity contribution >= 4 is 11.6 Å². The topological polar surface area (TPSA) is 114 Å². The second-order valence-corrected chi connectivity index (χ2v) is 4.48. The Hall–Kier alpha value is -1.22. The summed E-state index contributed by atoms with van der Waals surface area (Å²) in [7, 11) is -4.94. The molecule has 0 aliphatic carbocycles. The Morgan fingerprint density at radius 1 is 1.26 bits per heavy atom. The van der Waals surface area contributed by atoms with E-state index in [-0.39, 0.29) is 0 Å². The third-order valence-electron chi connectivity index (χ3n) is 2.01. The Morgan fingerprint density at radius 3 is 2.32 bits per heavy atom. The summed E-state index contributed by atoms with van der Waals surface area (Å²) < 4.78 is 37.6. The van der Waals surface area contributed by atoms with Crippen molar-refractivity contribution in [1.82, 2.24) is 9.90 Å². The van der Waals surface area contributed by atoms with Crippen LogP contribution in [0.1, 0.15) is 6.92 Å². The highest BCUT2D eigenvalue weighted by molar-refractivity contribution is 6.32. The van der Waals surface area contributed by atoms with E-state index < -0.39 is 10.2 Å². The maximum absolute atomic E-state index is 8.49. The van der Waals surface area contributed by atoms with E-state index in [1.807, 2.05) is 48.3 Å². The third-order valence-corrected chi connectivity index (χ3v) is 2.33. The van der Waals surface area contributed by atoms with Crippen LogP contribution in [0.2, 0.25) is 5.02 Å². The quantitative estimate of drug-likeness (QED) is 0.551. The maximum atomic E-state index is 8.49. The number of halogens is 2. The number of para-hydroxylation sites is 1. The molecule has 0 atom stereocenters. The van der Waals surface area contributed by atoms with Crippen molar-refractivity contribution < 1.29 is 33.6 Å². The molecule has 0 radical (unpaired) electrons. The number of aromatic nitrogens is 3. The number of nitrogens with zero attached hydrogens (tertiary/aromatic N) is 3. The number of rotatable bonds is 2. The van der Waals surface area contributed by atoms with Crippen LogP contribution in [0, 0.1) is 10.2 Å². The number of hydrogen-bond acceptors (Lipinski definition) is 5. The van der Waals surface area contributed by atoms with Gasteiger partial charge >= 0.3 is 0 Å². The largest absolute Gasteiger partial charge is 0.222 e. The molecule has 19 heavy (non-hydrogen) atoms. The molecule has 0 saturated carbocycles. The summed E-state index contributed by atoms with van der Waals surface area (Å²) in [6.07, 6.45) is 3.81. The third kappa shape index (κ3) is 5.97. The predicted molar refractivity (Wildman–Crippen MR) is 54.4 cm³/mol. The van der Waals surface area contributed by atoms with E-state index in [0.29, 0.717) is 5.02 Å². The molecule has 0 aliphatic rings. The fraction of sp³-hybridized carbons (Fsp3) is 0.200. The predicted octanol–water partition coefficient (Wildman–Crippen LogP) is -2.92. The lowest BCUT2D eigenvalue weighted by Crippen LogP contribution is -2.68. The Morgan fingerprint density at radius 2 is 1.84 bits per heavy atom. The molecular weight excluding hydrogens is 297 g/mol. The van der Waals surface area contributed by atoms with E-state index in [0.717, 1.165) is 12.2 Å². The molecule has 2 aromatic rings. The molecule has 0 saturated heterocycles. The van der Waals surface area contributed by atoms with Gasteiger partial charge in [-0.3, -0.25) is 0 Å². The Bertz CT molecular complexity index is 521. The van der Waals surface area contributed by atoms with Gasteiger partial charge in [-0.15, -0.1) is 19.6 Å². The minimum absolute atomic E-state index is 0.707. The van der Waals surface area contributed by atoms with Gasteiger partial charge in [-0.2, -0.15) is 0 Å². The summed E-state index contributed by atoms with van der Waals surface area (Å²) in [5.74, 6) is 0. The molecule has 0 spiro atoms. The van der Waals surface area contributed by atoms with Crippen LogP contribution in [0.4, 0.5) is 0 Å². The van der Waals surface area contributed by atoms with Crippen LogP contribution in [0.25, 0.3) is 5.69 Å². The van der Waals surface area contributed by atoms with Crippen LogP contribution in [-0.2, 0) is 6.54 Å². The number of hydrogen-bond donors (Lipinski definition) is 0. The van der Waals surface area contributed by atoms with E-state index in [1.54, 1.807) is 4.68 Å². The molecule has 9 heteroatoms. The summed E-state index contributed by atoms with van der Waals surface area (Å²) in [6, 6.07) is 7.65. The molecule has 0 amide bonds.